The smallest absolute Gasteiger partial charge is 0.129 e. The number of halogens is 1. The van der Waals surface area contributed by atoms with E-state index in [0.717, 1.165) is 23.1 Å². The van der Waals surface area contributed by atoms with Crippen LogP contribution in [0.15, 0.2) is 12.1 Å². The predicted octanol–water partition coefficient (Wildman–Crippen LogP) is 3.82. The van der Waals surface area contributed by atoms with E-state index in [1.54, 1.807) is 0 Å². The fourth-order valence-electron chi connectivity index (χ4n) is 1.57. The minimum Gasteiger partial charge on any atom is -0.206 e. The molecular weight excluding hydrogens is 163 g/mol. The van der Waals surface area contributed by atoms with Crippen LogP contribution in [0, 0.1) is 12.7 Å². The number of hydrogen-bond donors (Lipinski definition) is 0. The average Bonchev–Trinajstić information content (AvgIpc) is 2.09. The monoisotopic (exact) mass is 180 g/mol. The topological polar surface area (TPSA) is 0 Å². The number of rotatable bonds is 2. The quantitative estimate of drug-likeness (QED) is 0.649. The highest BCUT2D eigenvalue weighted by Gasteiger charge is 2.10. The van der Waals surface area contributed by atoms with E-state index in [1.165, 1.54) is 0 Å². The van der Waals surface area contributed by atoms with Gasteiger partial charge in [0.25, 0.3) is 0 Å². The molecule has 0 aliphatic rings. The zero-order valence-electron chi connectivity index (χ0n) is 8.82. The maximum atomic E-state index is 13.7. The van der Waals surface area contributed by atoms with E-state index >= 15 is 0 Å². The Balaban J connectivity index is 3.23. The SMILES string of the molecule is CCc1ccc(C(C)C)c(F)c1C. The molecule has 0 aromatic heterocycles. The van der Waals surface area contributed by atoms with E-state index in [2.05, 4.69) is 6.92 Å². The fourth-order valence-corrected chi connectivity index (χ4v) is 1.57. The largest absolute Gasteiger partial charge is 0.206 e. The van der Waals surface area contributed by atoms with Gasteiger partial charge >= 0.3 is 0 Å². The third kappa shape index (κ3) is 1.90. The highest BCUT2D eigenvalue weighted by atomic mass is 19.1. The average molecular weight is 180 g/mol. The molecule has 1 aromatic carbocycles. The summed E-state index contributed by atoms with van der Waals surface area (Å²) in [5.41, 5.74) is 2.75. The van der Waals surface area contributed by atoms with Crippen molar-refractivity contribution >= 4 is 0 Å². The zero-order chi connectivity index (χ0) is 10.0. The normalized spacial score (nSPS) is 10.9. The molecule has 1 heteroatoms. The Hall–Kier alpha value is -0.850. The van der Waals surface area contributed by atoms with Crippen LogP contribution in [-0.4, -0.2) is 0 Å². The second kappa shape index (κ2) is 3.91. The number of hydrogen-bond acceptors (Lipinski definition) is 0. The van der Waals surface area contributed by atoms with Gasteiger partial charge in [0.05, 0.1) is 0 Å². The molecule has 0 saturated carbocycles. The van der Waals surface area contributed by atoms with Crippen LogP contribution in [0.3, 0.4) is 0 Å². The highest BCUT2D eigenvalue weighted by Crippen LogP contribution is 2.23. The third-order valence-corrected chi connectivity index (χ3v) is 2.53. The van der Waals surface area contributed by atoms with Gasteiger partial charge in [0.2, 0.25) is 0 Å². The summed E-state index contributed by atoms with van der Waals surface area (Å²) in [7, 11) is 0. The number of aryl methyl sites for hydroxylation is 1. The summed E-state index contributed by atoms with van der Waals surface area (Å²) in [5.74, 6) is 0.249. The molecule has 0 spiro atoms. The Morgan fingerprint density at radius 2 is 1.92 bits per heavy atom. The van der Waals surface area contributed by atoms with Crippen LogP contribution >= 0.6 is 0 Å². The summed E-state index contributed by atoms with van der Waals surface area (Å²) in [6.07, 6.45) is 0.904. The highest BCUT2D eigenvalue weighted by molar-refractivity contribution is 5.34. The lowest BCUT2D eigenvalue weighted by molar-refractivity contribution is 0.587. The Morgan fingerprint density at radius 1 is 1.31 bits per heavy atom. The molecule has 0 bridgehead atoms. The first-order valence-corrected chi connectivity index (χ1v) is 4.85. The summed E-state index contributed by atoms with van der Waals surface area (Å²) in [5, 5.41) is 0. The van der Waals surface area contributed by atoms with Crippen molar-refractivity contribution in [3.8, 4) is 0 Å². The minimum atomic E-state index is -0.0191. The van der Waals surface area contributed by atoms with E-state index in [1.807, 2.05) is 32.9 Å². The Morgan fingerprint density at radius 3 is 2.38 bits per heavy atom. The van der Waals surface area contributed by atoms with Crippen LogP contribution in [0.25, 0.3) is 0 Å². The van der Waals surface area contributed by atoms with Gasteiger partial charge in [-0.05, 0) is 36.0 Å². The second-order valence-electron chi connectivity index (χ2n) is 3.76. The molecule has 0 nitrogen and oxygen atoms in total. The van der Waals surface area contributed by atoms with Gasteiger partial charge in [-0.15, -0.1) is 0 Å². The Bertz CT molecular complexity index is 300. The summed E-state index contributed by atoms with van der Waals surface area (Å²) in [6.45, 7) is 7.95. The van der Waals surface area contributed by atoms with Crippen molar-refractivity contribution in [1.82, 2.24) is 0 Å². The van der Waals surface area contributed by atoms with Crippen molar-refractivity contribution in [3.63, 3.8) is 0 Å². The minimum absolute atomic E-state index is 0.0191. The molecule has 1 rings (SSSR count). The first kappa shape index (κ1) is 10.2. The molecule has 0 saturated heterocycles. The van der Waals surface area contributed by atoms with Gasteiger partial charge in [0, 0.05) is 0 Å². The third-order valence-electron chi connectivity index (χ3n) is 2.53. The van der Waals surface area contributed by atoms with Gasteiger partial charge in [0.1, 0.15) is 5.82 Å². The molecular formula is C12H17F. The van der Waals surface area contributed by atoms with Crippen molar-refractivity contribution in [2.45, 2.75) is 40.0 Å². The summed E-state index contributed by atoms with van der Waals surface area (Å²) in [6, 6.07) is 3.94. The van der Waals surface area contributed by atoms with E-state index in [0.29, 0.717) is 0 Å². The van der Waals surface area contributed by atoms with Crippen LogP contribution in [0.5, 0.6) is 0 Å². The van der Waals surface area contributed by atoms with Crippen LogP contribution < -0.4 is 0 Å². The van der Waals surface area contributed by atoms with Crippen molar-refractivity contribution < 1.29 is 4.39 Å². The van der Waals surface area contributed by atoms with E-state index < -0.39 is 0 Å². The zero-order valence-corrected chi connectivity index (χ0v) is 8.82. The molecule has 13 heavy (non-hydrogen) atoms. The van der Waals surface area contributed by atoms with Gasteiger partial charge in [-0.25, -0.2) is 4.39 Å². The summed E-state index contributed by atoms with van der Waals surface area (Å²) >= 11 is 0. The maximum Gasteiger partial charge on any atom is 0.129 e. The molecule has 0 N–H and O–H groups in total. The van der Waals surface area contributed by atoms with Crippen molar-refractivity contribution in [2.24, 2.45) is 0 Å². The van der Waals surface area contributed by atoms with Crippen LogP contribution in [-0.2, 0) is 6.42 Å². The van der Waals surface area contributed by atoms with Crippen molar-refractivity contribution in [2.75, 3.05) is 0 Å². The first-order chi connectivity index (χ1) is 6.07. The standard InChI is InChI=1S/C12H17F/c1-5-10-6-7-11(8(2)3)12(13)9(10)4/h6-8H,5H2,1-4H3. The van der Waals surface area contributed by atoms with Crippen LogP contribution in [0.4, 0.5) is 4.39 Å². The molecule has 0 fully saturated rings. The summed E-state index contributed by atoms with van der Waals surface area (Å²) < 4.78 is 13.7. The summed E-state index contributed by atoms with van der Waals surface area (Å²) in [4.78, 5) is 0. The molecule has 0 unspecified atom stereocenters. The molecule has 0 aliphatic heterocycles. The predicted molar refractivity (Wildman–Crippen MR) is 54.6 cm³/mol. The van der Waals surface area contributed by atoms with Crippen LogP contribution in [0.1, 0.15) is 43.4 Å². The van der Waals surface area contributed by atoms with Gasteiger partial charge in [-0.3, -0.25) is 0 Å². The second-order valence-corrected chi connectivity index (χ2v) is 3.76. The molecule has 0 amide bonds. The van der Waals surface area contributed by atoms with Crippen LogP contribution in [0.2, 0.25) is 0 Å². The van der Waals surface area contributed by atoms with E-state index in [-0.39, 0.29) is 11.7 Å². The number of benzene rings is 1. The Kier molecular flexibility index (Phi) is 3.07. The van der Waals surface area contributed by atoms with Gasteiger partial charge < -0.3 is 0 Å². The van der Waals surface area contributed by atoms with Gasteiger partial charge in [0.15, 0.2) is 0 Å². The maximum absolute atomic E-state index is 13.7. The van der Waals surface area contributed by atoms with Crippen molar-refractivity contribution in [3.05, 3.63) is 34.6 Å². The van der Waals surface area contributed by atoms with Crippen molar-refractivity contribution in [1.29, 1.82) is 0 Å². The molecule has 0 heterocycles. The first-order valence-electron chi connectivity index (χ1n) is 4.85. The van der Waals surface area contributed by atoms with E-state index in [9.17, 15) is 4.39 Å². The van der Waals surface area contributed by atoms with Gasteiger partial charge in [-0.2, -0.15) is 0 Å². The lowest BCUT2D eigenvalue weighted by atomic mass is 9.96. The fraction of sp³-hybridized carbons (Fsp3) is 0.500. The lowest BCUT2D eigenvalue weighted by Crippen LogP contribution is -1.99. The van der Waals surface area contributed by atoms with E-state index in [4.69, 9.17) is 0 Å². The molecule has 0 atom stereocenters. The van der Waals surface area contributed by atoms with Gasteiger partial charge in [-0.1, -0.05) is 32.9 Å². The molecule has 72 valence electrons. The molecule has 0 aliphatic carbocycles. The molecule has 0 radical (unpaired) electrons. The lowest BCUT2D eigenvalue weighted by Gasteiger charge is -2.11. The Labute approximate surface area is 79.8 Å². The molecule has 1 aromatic rings.